The molecule has 0 aliphatic carbocycles. The van der Waals surface area contributed by atoms with Gasteiger partial charge in [-0.1, -0.05) is 18.2 Å². The number of rotatable bonds is 4. The number of fused-ring (bicyclic) bond motifs is 1. The number of benzene rings is 2. The van der Waals surface area contributed by atoms with Crippen molar-refractivity contribution in [1.82, 2.24) is 15.1 Å². The van der Waals surface area contributed by atoms with E-state index in [1.165, 1.54) is 9.80 Å². The number of halogens is 6. The van der Waals surface area contributed by atoms with Crippen LogP contribution in [0.3, 0.4) is 0 Å². The molecule has 6 rings (SSSR count). The first-order valence-electron chi connectivity index (χ1n) is 12.9. The summed E-state index contributed by atoms with van der Waals surface area (Å²) in [5, 5.41) is 14.3. The molecule has 0 aromatic heterocycles. The monoisotopic (exact) mass is 611 g/mol. The molecule has 4 aliphatic heterocycles. The predicted octanol–water partition coefficient (Wildman–Crippen LogP) is 1.26. The average Bonchev–Trinajstić information content (AvgIpc) is 3.54. The molecule has 228 valence electrons. The van der Waals surface area contributed by atoms with Crippen LogP contribution in [-0.4, -0.2) is 81.7 Å². The van der Waals surface area contributed by atoms with Gasteiger partial charge in [0, 0.05) is 18.7 Å². The first-order valence-corrected chi connectivity index (χ1v) is 12.9. The lowest BCUT2D eigenvalue weighted by Gasteiger charge is -2.46. The van der Waals surface area contributed by atoms with Gasteiger partial charge in [-0.3, -0.25) is 4.79 Å². The number of hydrogen-bond acceptors (Lipinski definition) is 10. The highest BCUT2D eigenvalue weighted by atomic mass is 19.4. The summed E-state index contributed by atoms with van der Waals surface area (Å²) in [4.78, 5) is 37.6. The number of nitrogens with zero attached hydrogens (tertiary/aromatic N) is 4. The minimum absolute atomic E-state index is 0.00326. The topological polar surface area (TPSA) is 159 Å². The molecule has 4 heterocycles. The highest BCUT2D eigenvalue weighted by Crippen LogP contribution is 2.42. The zero-order valence-corrected chi connectivity index (χ0v) is 21.9. The summed E-state index contributed by atoms with van der Waals surface area (Å²) < 4.78 is 85.9. The lowest BCUT2D eigenvalue weighted by molar-refractivity contribution is -0.141. The van der Waals surface area contributed by atoms with Gasteiger partial charge >= 0.3 is 18.3 Å². The summed E-state index contributed by atoms with van der Waals surface area (Å²) in [6, 6.07) is 5.54. The molecule has 1 saturated heterocycles. The van der Waals surface area contributed by atoms with E-state index in [4.69, 9.17) is 16.2 Å². The van der Waals surface area contributed by atoms with Crippen LogP contribution in [-0.2, 0) is 23.6 Å². The first-order chi connectivity index (χ1) is 20.1. The Bertz CT molecular complexity index is 1580. The Balaban J connectivity index is 1.28. The van der Waals surface area contributed by atoms with Gasteiger partial charge in [-0.15, -0.1) is 0 Å². The number of aliphatic imine (C=N–C) groups is 2. The summed E-state index contributed by atoms with van der Waals surface area (Å²) in [6.07, 6.45) is -13.6. The molecule has 43 heavy (non-hydrogen) atoms. The molecule has 0 bridgehead atoms. The molecular weight excluding hydrogens is 588 g/mol. The van der Waals surface area contributed by atoms with E-state index >= 15 is 0 Å². The molecular formula is C26H23F6N7O4. The van der Waals surface area contributed by atoms with Gasteiger partial charge in [0.25, 0.3) is 5.91 Å². The maximum absolute atomic E-state index is 13.6. The van der Waals surface area contributed by atoms with E-state index in [0.29, 0.717) is 5.56 Å². The standard InChI is InChI=1S/C26H23F6N7O4/c27-25(28,29)12-5-6-15(26(30,31)32)14(7-12)21(42)43-17-10-39-23(34)35-16(18-24(39,19(17)40)37-22(33)36-18)9-38-8-11-3-1-2-4-13(11)20(38)41/h1-7,16-19,40H,8-10H2,(H2,34,35)(H3,33,36,37)/t16-,17-,18-,19-,24-/m0/s1. The van der Waals surface area contributed by atoms with Gasteiger partial charge in [-0.25, -0.2) is 14.8 Å². The lowest BCUT2D eigenvalue weighted by Crippen LogP contribution is -2.73. The maximum Gasteiger partial charge on any atom is 0.417 e. The van der Waals surface area contributed by atoms with Crippen LogP contribution in [0.15, 0.2) is 52.4 Å². The molecule has 11 nitrogen and oxygen atoms in total. The second kappa shape index (κ2) is 9.48. The molecule has 1 spiro atoms. The number of guanidine groups is 2. The van der Waals surface area contributed by atoms with Crippen LogP contribution >= 0.6 is 0 Å². The van der Waals surface area contributed by atoms with E-state index in [1.54, 1.807) is 24.3 Å². The third kappa shape index (κ3) is 4.49. The third-order valence-electron chi connectivity index (χ3n) is 8.04. The fraction of sp³-hybridized carbons (Fsp3) is 0.385. The van der Waals surface area contributed by atoms with E-state index in [0.717, 1.165) is 5.56 Å². The van der Waals surface area contributed by atoms with Gasteiger partial charge in [0.1, 0.15) is 18.2 Å². The second-order valence-electron chi connectivity index (χ2n) is 10.6. The Morgan fingerprint density at radius 3 is 2.49 bits per heavy atom. The Hall–Kier alpha value is -4.54. The Morgan fingerprint density at radius 2 is 1.81 bits per heavy atom. The van der Waals surface area contributed by atoms with E-state index in [9.17, 15) is 41.0 Å². The number of esters is 1. The molecule has 6 N–H and O–H groups in total. The molecule has 4 aliphatic rings. The molecule has 0 radical (unpaired) electrons. The highest BCUT2D eigenvalue weighted by Gasteiger charge is 2.66. The van der Waals surface area contributed by atoms with Crippen molar-refractivity contribution in [2.24, 2.45) is 21.5 Å². The van der Waals surface area contributed by atoms with Gasteiger partial charge in [0.05, 0.1) is 29.3 Å². The molecule has 2 aromatic carbocycles. The van der Waals surface area contributed by atoms with Gasteiger partial charge in [0.15, 0.2) is 17.6 Å². The van der Waals surface area contributed by atoms with Crippen LogP contribution in [0.2, 0.25) is 0 Å². The largest absolute Gasteiger partial charge is 0.454 e. The van der Waals surface area contributed by atoms with Crippen LogP contribution in [0.4, 0.5) is 26.3 Å². The maximum atomic E-state index is 13.6. The van der Waals surface area contributed by atoms with E-state index in [1.807, 2.05) is 0 Å². The number of nitrogens with one attached hydrogen (secondary N) is 1. The van der Waals surface area contributed by atoms with Gasteiger partial charge in [-0.05, 0) is 29.8 Å². The fourth-order valence-electron chi connectivity index (χ4n) is 6.15. The quantitative estimate of drug-likeness (QED) is 0.297. The Kier molecular flexibility index (Phi) is 6.30. The normalized spacial score (nSPS) is 28.1. The van der Waals surface area contributed by atoms with Crippen molar-refractivity contribution in [3.63, 3.8) is 0 Å². The summed E-state index contributed by atoms with van der Waals surface area (Å²) in [6.45, 7) is -0.128. The third-order valence-corrected chi connectivity index (χ3v) is 8.04. The van der Waals surface area contributed by atoms with Crippen molar-refractivity contribution in [2.45, 2.75) is 48.9 Å². The molecule has 5 atom stereocenters. The molecule has 0 saturated carbocycles. The van der Waals surface area contributed by atoms with Crippen molar-refractivity contribution < 1.29 is 45.8 Å². The number of aliphatic hydroxyl groups is 1. The van der Waals surface area contributed by atoms with Crippen molar-refractivity contribution in [3.05, 3.63) is 70.3 Å². The first kappa shape index (κ1) is 28.6. The summed E-state index contributed by atoms with van der Waals surface area (Å²) >= 11 is 0. The predicted molar refractivity (Wildman–Crippen MR) is 136 cm³/mol. The summed E-state index contributed by atoms with van der Waals surface area (Å²) in [5.74, 6) is -2.32. The number of hydrogen-bond donors (Lipinski definition) is 4. The van der Waals surface area contributed by atoms with Crippen LogP contribution in [0.1, 0.15) is 37.4 Å². The number of carbonyl (C=O) groups is 2. The summed E-state index contributed by atoms with van der Waals surface area (Å²) in [5.41, 5.74) is 7.32. The van der Waals surface area contributed by atoms with Crippen molar-refractivity contribution >= 4 is 23.8 Å². The second-order valence-corrected chi connectivity index (χ2v) is 10.6. The van der Waals surface area contributed by atoms with Crippen molar-refractivity contribution in [2.75, 3.05) is 13.1 Å². The van der Waals surface area contributed by atoms with Crippen LogP contribution in [0.25, 0.3) is 0 Å². The number of ether oxygens (including phenoxy) is 1. The van der Waals surface area contributed by atoms with Crippen molar-refractivity contribution in [3.8, 4) is 0 Å². The van der Waals surface area contributed by atoms with E-state index in [2.05, 4.69) is 15.3 Å². The number of nitrogens with two attached hydrogens (primary N) is 2. The van der Waals surface area contributed by atoms with Gasteiger partial charge in [0.2, 0.25) is 0 Å². The number of amides is 1. The molecule has 1 fully saturated rings. The van der Waals surface area contributed by atoms with Crippen molar-refractivity contribution in [1.29, 1.82) is 0 Å². The molecule has 17 heteroatoms. The zero-order chi connectivity index (χ0) is 31.1. The average molecular weight is 612 g/mol. The van der Waals surface area contributed by atoms with Crippen LogP contribution in [0.5, 0.6) is 0 Å². The Morgan fingerprint density at radius 1 is 1.09 bits per heavy atom. The number of aliphatic hydroxyl groups excluding tert-OH is 1. The SMILES string of the molecule is NC1=N[C@H]2[C@H](CN3Cc4ccccc4C3=O)N=C(N)N3C[C@H](OC(=O)c4cc(C(F)(F)F)ccc4C(F)(F)F)[C@H](O)[C@]23N1. The minimum Gasteiger partial charge on any atom is -0.454 e. The van der Waals surface area contributed by atoms with Gasteiger partial charge < -0.3 is 36.4 Å². The number of carbonyl (C=O) groups excluding carboxylic acids is 2. The molecule has 1 amide bonds. The molecule has 0 unspecified atom stereocenters. The smallest absolute Gasteiger partial charge is 0.417 e. The van der Waals surface area contributed by atoms with E-state index < -0.39 is 71.5 Å². The molecule has 2 aromatic rings. The van der Waals surface area contributed by atoms with Crippen LogP contribution < -0.4 is 16.8 Å². The fourth-order valence-corrected chi connectivity index (χ4v) is 6.15. The minimum atomic E-state index is -5.18. The van der Waals surface area contributed by atoms with Crippen LogP contribution in [0, 0.1) is 0 Å². The highest BCUT2D eigenvalue weighted by molar-refractivity contribution is 5.98. The number of alkyl halides is 6. The van der Waals surface area contributed by atoms with Gasteiger partial charge in [-0.2, -0.15) is 26.3 Å². The summed E-state index contributed by atoms with van der Waals surface area (Å²) in [7, 11) is 0. The zero-order valence-electron chi connectivity index (χ0n) is 21.9. The lowest BCUT2D eigenvalue weighted by atomic mass is 9.88. The Labute approximate surface area is 238 Å². The van der Waals surface area contributed by atoms with E-state index in [-0.39, 0.29) is 49.1 Å².